The van der Waals surface area contributed by atoms with Gasteiger partial charge in [0.1, 0.15) is 5.69 Å². The maximum Gasteiger partial charge on any atom is 0.267 e. The number of aromatic nitrogens is 1. The summed E-state index contributed by atoms with van der Waals surface area (Å²) in [7, 11) is 0. The maximum atomic E-state index is 11.8. The minimum Gasteiger partial charge on any atom is -0.396 e. The van der Waals surface area contributed by atoms with E-state index in [1.165, 1.54) is 0 Å². The lowest BCUT2D eigenvalue weighted by Crippen LogP contribution is -2.37. The van der Waals surface area contributed by atoms with Crippen LogP contribution >= 0.6 is 22.6 Å². The number of amides is 1. The average molecular weight is 334 g/mol. The molecule has 0 spiro atoms. The highest BCUT2D eigenvalue weighted by atomic mass is 127. The first-order valence-corrected chi connectivity index (χ1v) is 6.54. The van der Waals surface area contributed by atoms with E-state index in [0.717, 1.165) is 16.4 Å². The third-order valence-electron chi connectivity index (χ3n) is 2.84. The van der Waals surface area contributed by atoms with Crippen molar-refractivity contribution in [3.05, 3.63) is 21.5 Å². The summed E-state index contributed by atoms with van der Waals surface area (Å²) in [5.41, 5.74) is 0.591. The smallest absolute Gasteiger partial charge is 0.267 e. The molecule has 0 aromatic carbocycles. The molecular weight excluding hydrogens is 319 g/mol. The fourth-order valence-electron chi connectivity index (χ4n) is 1.81. The summed E-state index contributed by atoms with van der Waals surface area (Å²) in [4.78, 5) is 14.8. The lowest BCUT2D eigenvalue weighted by atomic mass is 10.1. The Bertz CT molecular complexity index is 374. The third kappa shape index (κ3) is 2.98. The Morgan fingerprint density at radius 3 is 2.94 bits per heavy atom. The molecule has 0 aliphatic heterocycles. The Hall–Kier alpha value is -0.560. The molecule has 2 rings (SSSR count). The summed E-state index contributed by atoms with van der Waals surface area (Å²) in [6.45, 7) is 0.129. The number of aliphatic hydroxyl groups excluding tert-OH is 1. The van der Waals surface area contributed by atoms with Gasteiger partial charge in [0.05, 0.1) is 0 Å². The molecule has 0 saturated heterocycles. The van der Waals surface area contributed by atoms with E-state index in [9.17, 15) is 4.79 Å². The van der Waals surface area contributed by atoms with Gasteiger partial charge in [-0.15, -0.1) is 0 Å². The summed E-state index contributed by atoms with van der Waals surface area (Å²) in [6.07, 6.45) is 4.77. The van der Waals surface area contributed by atoms with E-state index in [4.69, 9.17) is 5.11 Å². The molecule has 3 N–H and O–H groups in total. The lowest BCUT2D eigenvalue weighted by Gasteiger charge is -2.16. The van der Waals surface area contributed by atoms with Crippen molar-refractivity contribution in [2.45, 2.75) is 25.3 Å². The van der Waals surface area contributed by atoms with Crippen LogP contribution in [-0.4, -0.2) is 28.6 Å². The minimum atomic E-state index is -0.0757. The number of carbonyl (C=O) groups is 1. The molecule has 1 aliphatic rings. The predicted molar refractivity (Wildman–Crippen MR) is 69.2 cm³/mol. The van der Waals surface area contributed by atoms with Gasteiger partial charge in [-0.2, -0.15) is 0 Å². The van der Waals surface area contributed by atoms with Crippen LogP contribution in [0.4, 0.5) is 0 Å². The number of H-pyrrole nitrogens is 1. The van der Waals surface area contributed by atoms with E-state index in [1.807, 2.05) is 6.07 Å². The van der Waals surface area contributed by atoms with E-state index in [0.29, 0.717) is 18.0 Å². The molecule has 1 heterocycles. The van der Waals surface area contributed by atoms with Gasteiger partial charge < -0.3 is 15.4 Å². The van der Waals surface area contributed by atoms with Gasteiger partial charge in [0.25, 0.3) is 5.91 Å². The SMILES string of the molecule is O=C(NC(CCO)C1CC1)c1cc(I)c[nH]1. The van der Waals surface area contributed by atoms with Crippen molar-refractivity contribution in [2.24, 2.45) is 5.92 Å². The van der Waals surface area contributed by atoms with Crippen LogP contribution in [0.3, 0.4) is 0 Å². The summed E-state index contributed by atoms with van der Waals surface area (Å²) in [5.74, 6) is 0.485. The number of aliphatic hydroxyl groups is 1. The molecule has 0 radical (unpaired) electrons. The number of hydrogen-bond donors (Lipinski definition) is 3. The number of aromatic amines is 1. The Balaban J connectivity index is 1.94. The van der Waals surface area contributed by atoms with Gasteiger partial charge in [-0.3, -0.25) is 4.79 Å². The van der Waals surface area contributed by atoms with E-state index >= 15 is 0 Å². The van der Waals surface area contributed by atoms with E-state index < -0.39 is 0 Å². The highest BCUT2D eigenvalue weighted by molar-refractivity contribution is 14.1. The van der Waals surface area contributed by atoms with Crippen LogP contribution in [-0.2, 0) is 0 Å². The van der Waals surface area contributed by atoms with Crippen LogP contribution in [0.15, 0.2) is 12.3 Å². The molecule has 88 valence electrons. The van der Waals surface area contributed by atoms with Crippen molar-refractivity contribution in [3.8, 4) is 0 Å². The zero-order valence-electron chi connectivity index (χ0n) is 8.87. The molecule has 1 atom stereocenters. The minimum absolute atomic E-state index is 0.0757. The number of hydrogen-bond acceptors (Lipinski definition) is 2. The second-order valence-corrected chi connectivity index (χ2v) is 5.41. The second-order valence-electron chi connectivity index (χ2n) is 4.16. The van der Waals surface area contributed by atoms with Crippen LogP contribution in [0, 0.1) is 9.49 Å². The average Bonchev–Trinajstić information content (AvgIpc) is 3.00. The normalized spacial score (nSPS) is 17.1. The lowest BCUT2D eigenvalue weighted by molar-refractivity contribution is 0.0920. The Morgan fingerprint density at radius 2 is 2.44 bits per heavy atom. The molecule has 5 heteroatoms. The number of carbonyl (C=O) groups excluding carboxylic acids is 1. The largest absolute Gasteiger partial charge is 0.396 e. The standard InChI is InChI=1S/C11H15IN2O2/c12-8-5-10(13-6-8)11(16)14-9(3-4-15)7-1-2-7/h5-7,9,13,15H,1-4H2,(H,14,16). The Labute approximate surface area is 108 Å². The Morgan fingerprint density at radius 1 is 1.69 bits per heavy atom. The van der Waals surface area contributed by atoms with Gasteiger partial charge in [-0.25, -0.2) is 0 Å². The van der Waals surface area contributed by atoms with Crippen LogP contribution < -0.4 is 5.32 Å². The van der Waals surface area contributed by atoms with Gasteiger partial charge in [-0.05, 0) is 53.8 Å². The summed E-state index contributed by atoms with van der Waals surface area (Å²) >= 11 is 2.16. The van der Waals surface area contributed by atoms with E-state index in [2.05, 4.69) is 32.9 Å². The van der Waals surface area contributed by atoms with Crippen molar-refractivity contribution < 1.29 is 9.90 Å². The fraction of sp³-hybridized carbons (Fsp3) is 0.545. The summed E-state index contributed by atoms with van der Waals surface area (Å²) in [6, 6.07) is 1.94. The number of nitrogens with one attached hydrogen (secondary N) is 2. The summed E-state index contributed by atoms with van der Waals surface area (Å²) < 4.78 is 1.02. The van der Waals surface area contributed by atoms with Crippen molar-refractivity contribution in [1.82, 2.24) is 10.3 Å². The highest BCUT2D eigenvalue weighted by Crippen LogP contribution is 2.34. The van der Waals surface area contributed by atoms with Crippen LogP contribution in [0.25, 0.3) is 0 Å². The van der Waals surface area contributed by atoms with Crippen molar-refractivity contribution in [1.29, 1.82) is 0 Å². The first kappa shape index (κ1) is 11.9. The molecule has 1 fully saturated rings. The first-order chi connectivity index (χ1) is 7.70. The van der Waals surface area contributed by atoms with E-state index in [1.54, 1.807) is 6.20 Å². The van der Waals surface area contributed by atoms with Crippen molar-refractivity contribution in [2.75, 3.05) is 6.61 Å². The third-order valence-corrected chi connectivity index (χ3v) is 3.46. The quantitative estimate of drug-likeness (QED) is 0.715. The van der Waals surface area contributed by atoms with Gasteiger partial charge in [0.2, 0.25) is 0 Å². The summed E-state index contributed by atoms with van der Waals surface area (Å²) in [5, 5.41) is 11.9. The van der Waals surface area contributed by atoms with Gasteiger partial charge in [0.15, 0.2) is 0 Å². The molecule has 1 unspecified atom stereocenters. The van der Waals surface area contributed by atoms with E-state index in [-0.39, 0.29) is 18.6 Å². The monoisotopic (exact) mass is 334 g/mol. The van der Waals surface area contributed by atoms with Crippen molar-refractivity contribution in [3.63, 3.8) is 0 Å². The molecular formula is C11H15IN2O2. The number of halogens is 1. The van der Waals surface area contributed by atoms with Gasteiger partial charge >= 0.3 is 0 Å². The second kappa shape index (κ2) is 5.18. The van der Waals surface area contributed by atoms with Crippen LogP contribution in [0.1, 0.15) is 29.8 Å². The zero-order valence-corrected chi connectivity index (χ0v) is 11.0. The predicted octanol–water partition coefficient (Wildman–Crippen LogP) is 1.51. The molecule has 16 heavy (non-hydrogen) atoms. The van der Waals surface area contributed by atoms with Crippen LogP contribution in [0.5, 0.6) is 0 Å². The molecule has 1 aliphatic carbocycles. The molecule has 1 aromatic heterocycles. The molecule has 4 nitrogen and oxygen atoms in total. The maximum absolute atomic E-state index is 11.8. The molecule has 1 amide bonds. The first-order valence-electron chi connectivity index (χ1n) is 5.46. The fourth-order valence-corrected chi connectivity index (χ4v) is 2.28. The number of rotatable bonds is 5. The van der Waals surface area contributed by atoms with Crippen LogP contribution in [0.2, 0.25) is 0 Å². The Kier molecular flexibility index (Phi) is 3.86. The van der Waals surface area contributed by atoms with Gasteiger partial charge in [-0.1, -0.05) is 0 Å². The highest BCUT2D eigenvalue weighted by Gasteiger charge is 2.32. The molecule has 1 aromatic rings. The topological polar surface area (TPSA) is 65.1 Å². The molecule has 0 bridgehead atoms. The molecule has 1 saturated carbocycles. The van der Waals surface area contributed by atoms with Gasteiger partial charge in [0, 0.05) is 22.4 Å². The zero-order chi connectivity index (χ0) is 11.5. The van der Waals surface area contributed by atoms with Crippen molar-refractivity contribution >= 4 is 28.5 Å².